The molecule has 1 aliphatic rings. The Labute approximate surface area is 178 Å². The summed E-state index contributed by atoms with van der Waals surface area (Å²) in [6.07, 6.45) is 3.95. The van der Waals surface area contributed by atoms with Crippen molar-refractivity contribution in [2.45, 2.75) is 18.9 Å². The van der Waals surface area contributed by atoms with Gasteiger partial charge in [-0.2, -0.15) is 5.10 Å². The number of thiophene rings is 1. The minimum atomic E-state index is -0.114. The number of para-hydroxylation sites is 3. The lowest BCUT2D eigenvalue weighted by molar-refractivity contribution is 0.103. The minimum absolute atomic E-state index is 0.114. The van der Waals surface area contributed by atoms with Gasteiger partial charge in [-0.25, -0.2) is 4.68 Å². The van der Waals surface area contributed by atoms with Gasteiger partial charge in [0.15, 0.2) is 0 Å². The number of carbonyl (C=O) groups excluding carboxylic acids is 1. The molecule has 5 rings (SSSR count). The van der Waals surface area contributed by atoms with Gasteiger partial charge in [0.2, 0.25) is 0 Å². The number of hydrogen-bond acceptors (Lipinski definition) is 5. The molecule has 3 heterocycles. The maximum Gasteiger partial charge on any atom is 0.265 e. The van der Waals surface area contributed by atoms with Gasteiger partial charge in [-0.1, -0.05) is 30.3 Å². The number of rotatable bonds is 4. The Hall–Kier alpha value is -3.16. The third-order valence-corrected chi connectivity index (χ3v) is 6.51. The molecule has 0 aliphatic carbocycles. The number of amides is 1. The van der Waals surface area contributed by atoms with Crippen LogP contribution < -0.4 is 16.0 Å². The normalized spacial score (nSPS) is 16.7. The number of piperidine rings is 1. The second kappa shape index (κ2) is 7.93. The number of benzene rings is 2. The molecule has 7 heteroatoms. The Morgan fingerprint density at radius 2 is 1.93 bits per heavy atom. The van der Waals surface area contributed by atoms with Crippen molar-refractivity contribution in [2.75, 3.05) is 23.3 Å². The average molecular weight is 418 g/mol. The van der Waals surface area contributed by atoms with Crippen LogP contribution in [0.3, 0.4) is 0 Å². The first-order valence-corrected chi connectivity index (χ1v) is 10.9. The number of anilines is 2. The Morgan fingerprint density at radius 1 is 1.10 bits per heavy atom. The highest BCUT2D eigenvalue weighted by Crippen LogP contribution is 2.30. The Kier molecular flexibility index (Phi) is 4.98. The van der Waals surface area contributed by atoms with E-state index < -0.39 is 0 Å². The summed E-state index contributed by atoms with van der Waals surface area (Å²) in [7, 11) is 0. The standard InChI is InChI=1S/C23H23N5OS/c24-17-7-5-13-27(15-17)20-10-4-2-8-18(20)26-23(29)21-11-12-22(30-21)28-19-9-3-1-6-16(19)14-25-28/h1-4,6,8-12,14,17H,5,7,13,15,24H2,(H,26,29)/t17-/m1/s1. The van der Waals surface area contributed by atoms with E-state index in [1.807, 2.05) is 71.5 Å². The summed E-state index contributed by atoms with van der Waals surface area (Å²) in [4.78, 5) is 15.9. The van der Waals surface area contributed by atoms with Crippen LogP contribution in [0.15, 0.2) is 66.9 Å². The van der Waals surface area contributed by atoms with Gasteiger partial charge in [-0.15, -0.1) is 11.3 Å². The lowest BCUT2D eigenvalue weighted by atomic mass is 10.1. The molecule has 4 aromatic rings. The third-order valence-electron chi connectivity index (χ3n) is 5.45. The van der Waals surface area contributed by atoms with Gasteiger partial charge in [0.25, 0.3) is 5.91 Å². The maximum absolute atomic E-state index is 13.0. The van der Waals surface area contributed by atoms with E-state index >= 15 is 0 Å². The zero-order chi connectivity index (χ0) is 20.5. The number of aromatic nitrogens is 2. The van der Waals surface area contributed by atoms with Crippen molar-refractivity contribution in [3.05, 3.63) is 71.7 Å². The molecule has 152 valence electrons. The molecule has 1 amide bonds. The fourth-order valence-electron chi connectivity index (χ4n) is 3.98. The molecule has 0 bridgehead atoms. The van der Waals surface area contributed by atoms with Crippen LogP contribution in [0.5, 0.6) is 0 Å². The first-order chi connectivity index (χ1) is 14.7. The lowest BCUT2D eigenvalue weighted by Crippen LogP contribution is -2.43. The fourth-order valence-corrected chi connectivity index (χ4v) is 4.85. The van der Waals surface area contributed by atoms with Crippen molar-refractivity contribution < 1.29 is 4.79 Å². The highest BCUT2D eigenvalue weighted by atomic mass is 32.1. The van der Waals surface area contributed by atoms with Crippen molar-refractivity contribution in [2.24, 2.45) is 5.73 Å². The van der Waals surface area contributed by atoms with Crippen LogP contribution >= 0.6 is 11.3 Å². The molecule has 2 aromatic heterocycles. The van der Waals surface area contributed by atoms with Crippen molar-refractivity contribution >= 4 is 39.5 Å². The summed E-state index contributed by atoms with van der Waals surface area (Å²) < 4.78 is 1.87. The van der Waals surface area contributed by atoms with Crippen LogP contribution in [0.4, 0.5) is 11.4 Å². The van der Waals surface area contributed by atoms with Crippen molar-refractivity contribution in [3.8, 4) is 5.00 Å². The van der Waals surface area contributed by atoms with Gasteiger partial charge in [0, 0.05) is 24.5 Å². The van der Waals surface area contributed by atoms with Crippen molar-refractivity contribution in [1.82, 2.24) is 9.78 Å². The van der Waals surface area contributed by atoms with Crippen LogP contribution in [-0.2, 0) is 0 Å². The van der Waals surface area contributed by atoms with Gasteiger partial charge >= 0.3 is 0 Å². The highest BCUT2D eigenvalue weighted by molar-refractivity contribution is 7.16. The van der Waals surface area contributed by atoms with Crippen molar-refractivity contribution in [1.29, 1.82) is 0 Å². The van der Waals surface area contributed by atoms with E-state index in [4.69, 9.17) is 5.73 Å². The topological polar surface area (TPSA) is 76.2 Å². The molecule has 6 nitrogen and oxygen atoms in total. The van der Waals surface area contributed by atoms with Crippen LogP contribution in [0, 0.1) is 0 Å². The first kappa shape index (κ1) is 18.8. The minimum Gasteiger partial charge on any atom is -0.368 e. The summed E-state index contributed by atoms with van der Waals surface area (Å²) in [5.41, 5.74) is 9.02. The molecule has 1 atom stereocenters. The number of nitrogens with two attached hydrogens (primary N) is 1. The predicted octanol–water partition coefficient (Wildman–Crippen LogP) is 4.27. The summed E-state index contributed by atoms with van der Waals surface area (Å²) in [5, 5.41) is 9.56. The molecule has 0 unspecified atom stereocenters. The number of fused-ring (bicyclic) bond motifs is 1. The summed E-state index contributed by atoms with van der Waals surface area (Å²) in [6.45, 7) is 1.76. The van der Waals surface area contributed by atoms with Gasteiger partial charge in [0.1, 0.15) is 5.00 Å². The number of carbonyl (C=O) groups is 1. The molecule has 0 radical (unpaired) electrons. The van der Waals surface area contributed by atoms with E-state index in [1.54, 1.807) is 0 Å². The van der Waals surface area contributed by atoms with Gasteiger partial charge in [0.05, 0.1) is 28.0 Å². The van der Waals surface area contributed by atoms with Crippen molar-refractivity contribution in [3.63, 3.8) is 0 Å². The average Bonchev–Trinajstić information content (AvgIpc) is 3.41. The fraction of sp³-hybridized carbons (Fsp3) is 0.217. The van der Waals surface area contributed by atoms with E-state index in [9.17, 15) is 4.79 Å². The number of nitrogens with one attached hydrogen (secondary N) is 1. The van der Waals surface area contributed by atoms with E-state index in [0.29, 0.717) is 4.88 Å². The molecule has 0 saturated carbocycles. The van der Waals surface area contributed by atoms with Crippen LogP contribution in [0.25, 0.3) is 15.9 Å². The molecule has 1 fully saturated rings. The second-order valence-electron chi connectivity index (χ2n) is 7.57. The molecule has 1 saturated heterocycles. The lowest BCUT2D eigenvalue weighted by Gasteiger charge is -2.33. The SMILES string of the molecule is N[C@@H]1CCCN(c2ccccc2NC(=O)c2ccc(-n3ncc4ccccc43)s2)C1. The summed E-state index contributed by atoms with van der Waals surface area (Å²) >= 11 is 1.43. The monoisotopic (exact) mass is 417 g/mol. The zero-order valence-corrected chi connectivity index (χ0v) is 17.3. The van der Waals surface area contributed by atoms with E-state index in [-0.39, 0.29) is 11.9 Å². The maximum atomic E-state index is 13.0. The molecule has 1 aliphatic heterocycles. The van der Waals surface area contributed by atoms with E-state index in [1.165, 1.54) is 11.3 Å². The summed E-state index contributed by atoms with van der Waals surface area (Å²) in [5.74, 6) is -0.114. The number of nitrogens with zero attached hydrogens (tertiary/aromatic N) is 3. The van der Waals surface area contributed by atoms with E-state index in [0.717, 1.165) is 53.2 Å². The molecular weight excluding hydrogens is 394 g/mol. The van der Waals surface area contributed by atoms with Gasteiger partial charge < -0.3 is 16.0 Å². The largest absolute Gasteiger partial charge is 0.368 e. The number of hydrogen-bond donors (Lipinski definition) is 2. The quantitative estimate of drug-likeness (QED) is 0.520. The van der Waals surface area contributed by atoms with Crippen LogP contribution in [0.1, 0.15) is 22.5 Å². The predicted molar refractivity (Wildman–Crippen MR) is 123 cm³/mol. The molecule has 3 N–H and O–H groups in total. The first-order valence-electron chi connectivity index (χ1n) is 10.1. The third kappa shape index (κ3) is 3.58. The molecule has 30 heavy (non-hydrogen) atoms. The Bertz CT molecular complexity index is 1200. The molecule has 0 spiro atoms. The molecule has 2 aromatic carbocycles. The smallest absolute Gasteiger partial charge is 0.265 e. The molecular formula is C23H23N5OS. The summed E-state index contributed by atoms with van der Waals surface area (Å²) in [6, 6.07) is 19.9. The van der Waals surface area contributed by atoms with Gasteiger partial charge in [-0.3, -0.25) is 4.79 Å². The zero-order valence-electron chi connectivity index (χ0n) is 16.5. The van der Waals surface area contributed by atoms with Crippen LogP contribution in [-0.4, -0.2) is 34.8 Å². The Balaban J connectivity index is 1.38. The highest BCUT2D eigenvalue weighted by Gasteiger charge is 2.20. The van der Waals surface area contributed by atoms with E-state index in [2.05, 4.69) is 15.3 Å². The van der Waals surface area contributed by atoms with Gasteiger partial charge in [-0.05, 0) is 43.2 Å². The second-order valence-corrected chi connectivity index (χ2v) is 8.63. The Morgan fingerprint density at radius 3 is 2.83 bits per heavy atom. The van der Waals surface area contributed by atoms with Crippen LogP contribution in [0.2, 0.25) is 0 Å².